The molecule has 88 valence electrons. The summed E-state index contributed by atoms with van der Waals surface area (Å²) >= 11 is 6.78. The van der Waals surface area contributed by atoms with Crippen LogP contribution in [0.5, 0.6) is 11.8 Å². The van der Waals surface area contributed by atoms with Crippen molar-refractivity contribution in [2.75, 3.05) is 0 Å². The van der Waals surface area contributed by atoms with Crippen molar-refractivity contribution in [2.45, 2.75) is 12.3 Å². The van der Waals surface area contributed by atoms with E-state index >= 15 is 0 Å². The highest BCUT2D eigenvalue weighted by Gasteiger charge is 2.02. The van der Waals surface area contributed by atoms with Gasteiger partial charge in [0.05, 0.1) is 0 Å². The molecular weight excluding hydrogens is 348 g/mol. The van der Waals surface area contributed by atoms with Gasteiger partial charge in [-0.25, -0.2) is 9.97 Å². The zero-order chi connectivity index (χ0) is 12.3. The van der Waals surface area contributed by atoms with Crippen molar-refractivity contribution in [3.05, 3.63) is 46.2 Å². The Morgan fingerprint density at radius 3 is 2.53 bits per heavy atom. The van der Waals surface area contributed by atoms with Crippen molar-refractivity contribution >= 4 is 31.9 Å². The molecule has 0 spiro atoms. The van der Waals surface area contributed by atoms with E-state index in [9.17, 15) is 0 Å². The lowest BCUT2D eigenvalue weighted by molar-refractivity contribution is 0.441. The minimum Gasteiger partial charge on any atom is -0.424 e. The first-order valence-corrected chi connectivity index (χ1v) is 6.91. The lowest BCUT2D eigenvalue weighted by Gasteiger charge is -2.05. The summed E-state index contributed by atoms with van der Waals surface area (Å²) < 4.78 is 6.61. The number of halogens is 2. The lowest BCUT2D eigenvalue weighted by Crippen LogP contribution is -1.93. The fraction of sp³-hybridized carbons (Fsp3) is 0.167. The maximum absolute atomic E-state index is 5.56. The molecule has 0 unspecified atom stereocenters. The van der Waals surface area contributed by atoms with E-state index in [-0.39, 0.29) is 0 Å². The number of alkyl halides is 1. The first-order chi connectivity index (χ1) is 8.19. The smallest absolute Gasteiger partial charge is 0.321 e. The number of ether oxygens (including phenoxy) is 1. The zero-order valence-corrected chi connectivity index (χ0v) is 12.3. The Morgan fingerprint density at radius 2 is 1.94 bits per heavy atom. The Balaban J connectivity index is 2.16. The summed E-state index contributed by atoms with van der Waals surface area (Å²) in [7, 11) is 0. The van der Waals surface area contributed by atoms with E-state index in [4.69, 9.17) is 4.74 Å². The first-order valence-electron chi connectivity index (χ1n) is 5.00. The normalized spacial score (nSPS) is 10.3. The Morgan fingerprint density at radius 1 is 1.24 bits per heavy atom. The van der Waals surface area contributed by atoms with Crippen molar-refractivity contribution in [2.24, 2.45) is 0 Å². The molecule has 17 heavy (non-hydrogen) atoms. The van der Waals surface area contributed by atoms with Gasteiger partial charge < -0.3 is 4.74 Å². The van der Waals surface area contributed by atoms with E-state index in [2.05, 4.69) is 41.8 Å². The van der Waals surface area contributed by atoms with Crippen molar-refractivity contribution in [1.82, 2.24) is 9.97 Å². The van der Waals surface area contributed by atoms with Gasteiger partial charge in [0.25, 0.3) is 0 Å². The molecule has 0 aliphatic heterocycles. The molecule has 1 aromatic carbocycles. The molecule has 0 atom stereocenters. The predicted octanol–water partition coefficient (Wildman–Crippen LogP) is 4.23. The van der Waals surface area contributed by atoms with Gasteiger partial charge >= 0.3 is 6.01 Å². The van der Waals surface area contributed by atoms with Crippen molar-refractivity contribution < 1.29 is 4.74 Å². The van der Waals surface area contributed by atoms with E-state index in [0.717, 1.165) is 26.7 Å². The predicted molar refractivity (Wildman–Crippen MR) is 73.6 cm³/mol. The highest BCUT2D eigenvalue weighted by atomic mass is 79.9. The molecule has 0 fully saturated rings. The fourth-order valence-electron chi connectivity index (χ4n) is 1.25. The van der Waals surface area contributed by atoms with Gasteiger partial charge in [-0.05, 0) is 36.2 Å². The number of hydrogen-bond acceptors (Lipinski definition) is 3. The summed E-state index contributed by atoms with van der Waals surface area (Å²) in [6.07, 6.45) is 3.48. The van der Waals surface area contributed by atoms with Gasteiger partial charge in [0.1, 0.15) is 5.75 Å². The van der Waals surface area contributed by atoms with Crippen LogP contribution >= 0.6 is 31.9 Å². The fourth-order valence-corrected chi connectivity index (χ4v) is 1.79. The number of aryl methyl sites for hydroxylation is 1. The summed E-state index contributed by atoms with van der Waals surface area (Å²) in [6, 6.07) is 6.11. The molecule has 2 aromatic rings. The molecule has 3 nitrogen and oxygen atoms in total. The third kappa shape index (κ3) is 3.26. The third-order valence-electron chi connectivity index (χ3n) is 2.17. The van der Waals surface area contributed by atoms with Gasteiger partial charge in [0.15, 0.2) is 0 Å². The summed E-state index contributed by atoms with van der Waals surface area (Å²) in [6.45, 7) is 2.01. The number of benzene rings is 1. The van der Waals surface area contributed by atoms with Crippen molar-refractivity contribution in [3.8, 4) is 11.8 Å². The molecule has 0 saturated carbocycles. The third-order valence-corrected chi connectivity index (χ3v) is 3.71. The van der Waals surface area contributed by atoms with Gasteiger partial charge in [-0.15, -0.1) is 0 Å². The SMILES string of the molecule is Cc1cc(Oc2ncc(CBr)cn2)ccc1Br. The van der Waals surface area contributed by atoms with Crippen LogP contribution in [0.1, 0.15) is 11.1 Å². The highest BCUT2D eigenvalue weighted by Crippen LogP contribution is 2.24. The van der Waals surface area contributed by atoms with Crippen LogP contribution in [0.4, 0.5) is 0 Å². The summed E-state index contributed by atoms with van der Waals surface area (Å²) in [5.74, 6) is 0.734. The van der Waals surface area contributed by atoms with Crippen LogP contribution < -0.4 is 4.74 Å². The largest absolute Gasteiger partial charge is 0.424 e. The van der Waals surface area contributed by atoms with Crippen LogP contribution in [0.3, 0.4) is 0 Å². The number of hydrogen-bond donors (Lipinski definition) is 0. The molecule has 0 saturated heterocycles. The molecular formula is C12H10Br2N2O. The quantitative estimate of drug-likeness (QED) is 0.771. The Hall–Kier alpha value is -0.940. The molecule has 1 aromatic heterocycles. The molecule has 5 heteroatoms. The van der Waals surface area contributed by atoms with Gasteiger partial charge in [-0.3, -0.25) is 0 Å². The summed E-state index contributed by atoms with van der Waals surface area (Å²) in [5, 5.41) is 0.741. The van der Waals surface area contributed by atoms with Crippen LogP contribution in [0.2, 0.25) is 0 Å². The second-order valence-corrected chi connectivity index (χ2v) is 4.94. The van der Waals surface area contributed by atoms with E-state index in [1.54, 1.807) is 12.4 Å². The van der Waals surface area contributed by atoms with Gasteiger partial charge in [0, 0.05) is 22.2 Å². The lowest BCUT2D eigenvalue weighted by atomic mass is 10.2. The summed E-state index contributed by atoms with van der Waals surface area (Å²) in [5.41, 5.74) is 2.13. The topological polar surface area (TPSA) is 35.0 Å². The monoisotopic (exact) mass is 356 g/mol. The second kappa shape index (κ2) is 5.60. The first kappa shape index (κ1) is 12.5. The number of aromatic nitrogens is 2. The van der Waals surface area contributed by atoms with Crippen molar-refractivity contribution in [3.63, 3.8) is 0 Å². The van der Waals surface area contributed by atoms with Gasteiger partial charge in [-0.2, -0.15) is 0 Å². The van der Waals surface area contributed by atoms with Crippen molar-refractivity contribution in [1.29, 1.82) is 0 Å². The molecule has 0 aliphatic rings. The number of rotatable bonds is 3. The Kier molecular flexibility index (Phi) is 4.12. The zero-order valence-electron chi connectivity index (χ0n) is 9.15. The van der Waals surface area contributed by atoms with Gasteiger partial charge in [0.2, 0.25) is 0 Å². The molecule has 0 bridgehead atoms. The average molecular weight is 358 g/mol. The minimum absolute atomic E-state index is 0.358. The van der Waals surface area contributed by atoms with Crippen LogP contribution in [0.15, 0.2) is 35.1 Å². The van der Waals surface area contributed by atoms with Crippen LogP contribution in [0.25, 0.3) is 0 Å². The summed E-state index contributed by atoms with van der Waals surface area (Å²) in [4.78, 5) is 8.24. The molecule has 0 amide bonds. The van der Waals surface area contributed by atoms with Crippen LogP contribution in [-0.4, -0.2) is 9.97 Å². The maximum atomic E-state index is 5.56. The van der Waals surface area contributed by atoms with E-state index in [1.165, 1.54) is 0 Å². The number of nitrogens with zero attached hydrogens (tertiary/aromatic N) is 2. The van der Waals surface area contributed by atoms with E-state index in [0.29, 0.717) is 6.01 Å². The standard InChI is InChI=1S/C12H10Br2N2O/c1-8-4-10(2-3-11(8)14)17-12-15-6-9(5-13)7-16-12/h2-4,6-7H,5H2,1H3. The van der Waals surface area contributed by atoms with E-state index in [1.807, 2.05) is 25.1 Å². The van der Waals surface area contributed by atoms with Gasteiger partial charge in [-0.1, -0.05) is 31.9 Å². The maximum Gasteiger partial charge on any atom is 0.321 e. The Bertz CT molecular complexity index is 514. The van der Waals surface area contributed by atoms with E-state index < -0.39 is 0 Å². The molecule has 2 rings (SSSR count). The van der Waals surface area contributed by atoms with Crippen LogP contribution in [0, 0.1) is 6.92 Å². The minimum atomic E-state index is 0.358. The second-order valence-electron chi connectivity index (χ2n) is 3.52. The molecule has 0 aliphatic carbocycles. The average Bonchev–Trinajstić information content (AvgIpc) is 2.35. The molecule has 1 heterocycles. The Labute approximate surface area is 117 Å². The van der Waals surface area contributed by atoms with Crippen LogP contribution in [-0.2, 0) is 5.33 Å². The molecule has 0 radical (unpaired) electrons. The molecule has 0 N–H and O–H groups in total. The highest BCUT2D eigenvalue weighted by molar-refractivity contribution is 9.10.